The van der Waals surface area contributed by atoms with Crippen LogP contribution in [0.2, 0.25) is 0 Å². The van der Waals surface area contributed by atoms with Crippen molar-refractivity contribution in [3.63, 3.8) is 0 Å². The van der Waals surface area contributed by atoms with Crippen LogP contribution in [0.1, 0.15) is 61.3 Å². The molecular formula is C29H29FO. The molecule has 6 fully saturated rings. The Morgan fingerprint density at radius 1 is 0.774 bits per heavy atom. The quantitative estimate of drug-likeness (QED) is 0.528. The Morgan fingerprint density at radius 2 is 1.45 bits per heavy atom. The van der Waals surface area contributed by atoms with Gasteiger partial charge in [-0.15, -0.1) is 0 Å². The summed E-state index contributed by atoms with van der Waals surface area (Å²) < 4.78 is 22.1. The Morgan fingerprint density at radius 3 is 2.23 bits per heavy atom. The van der Waals surface area contributed by atoms with Gasteiger partial charge in [0.15, 0.2) is 0 Å². The molecule has 0 aromatic heterocycles. The molecule has 9 rings (SSSR count). The molecule has 1 aliphatic heterocycles. The first-order chi connectivity index (χ1) is 15.2. The van der Waals surface area contributed by atoms with E-state index < -0.39 is 0 Å². The standard InChI is InChI=1S/C29H29FO/c30-20-10-11-22-21(14-20)27-23-15-6-7-16(12-15)24(23)29(31-27,19-4-2-1-3-5-19)28(22)25-17-8-9-18(13-17)26(25)28/h1-5,10-11,14-18,23-27H,6-9,12-13H2/t15-,16+,17-,18+,23?,24?,25?,26?,27+,28?,29-/m0/s1. The monoisotopic (exact) mass is 412 g/mol. The third-order valence-electron chi connectivity index (χ3n) is 11.6. The molecule has 158 valence electrons. The van der Waals surface area contributed by atoms with Gasteiger partial charge in [-0.25, -0.2) is 4.39 Å². The van der Waals surface area contributed by atoms with Gasteiger partial charge in [0.1, 0.15) is 11.4 Å². The van der Waals surface area contributed by atoms with Crippen LogP contribution in [0.5, 0.6) is 0 Å². The van der Waals surface area contributed by atoms with Gasteiger partial charge in [-0.05, 0) is 109 Å². The average Bonchev–Trinajstić information content (AvgIpc) is 3.41. The molecule has 1 nitrogen and oxygen atoms in total. The molecule has 2 heteroatoms. The number of rotatable bonds is 1. The third-order valence-corrected chi connectivity index (χ3v) is 11.6. The van der Waals surface area contributed by atoms with Gasteiger partial charge in [0.2, 0.25) is 0 Å². The van der Waals surface area contributed by atoms with Gasteiger partial charge in [-0.1, -0.05) is 36.4 Å². The highest BCUT2D eigenvalue weighted by Gasteiger charge is 2.88. The number of hydrogen-bond donors (Lipinski definition) is 0. The summed E-state index contributed by atoms with van der Waals surface area (Å²) in [6.07, 6.45) is 8.44. The van der Waals surface area contributed by atoms with Crippen molar-refractivity contribution in [3.05, 3.63) is 71.0 Å². The maximum atomic E-state index is 14.6. The van der Waals surface area contributed by atoms with E-state index in [1.54, 1.807) is 6.07 Å². The first-order valence-electron chi connectivity index (χ1n) is 12.8. The third kappa shape index (κ3) is 1.58. The Hall–Kier alpha value is -1.67. The molecule has 2 aromatic carbocycles. The summed E-state index contributed by atoms with van der Waals surface area (Å²) in [6.45, 7) is 0. The van der Waals surface area contributed by atoms with Crippen LogP contribution in [0.25, 0.3) is 0 Å². The Labute approximate surface area is 183 Å². The fraction of sp³-hybridized carbons (Fsp3) is 0.586. The van der Waals surface area contributed by atoms with Crippen molar-refractivity contribution in [1.29, 1.82) is 0 Å². The molecule has 1 saturated heterocycles. The predicted molar refractivity (Wildman–Crippen MR) is 116 cm³/mol. The highest BCUT2D eigenvalue weighted by atomic mass is 19.1. The second-order valence-corrected chi connectivity index (χ2v) is 12.1. The number of benzene rings is 2. The minimum atomic E-state index is -0.190. The van der Waals surface area contributed by atoms with Gasteiger partial charge >= 0.3 is 0 Å². The molecular weight excluding hydrogens is 383 g/mol. The summed E-state index contributed by atoms with van der Waals surface area (Å²) in [4.78, 5) is 0. The first kappa shape index (κ1) is 16.9. The lowest BCUT2D eigenvalue weighted by atomic mass is 9.59. The molecule has 6 bridgehead atoms. The summed E-state index contributed by atoms with van der Waals surface area (Å²) >= 11 is 0. The van der Waals surface area contributed by atoms with Crippen LogP contribution in [0, 0.1) is 53.2 Å². The van der Waals surface area contributed by atoms with E-state index >= 15 is 0 Å². The van der Waals surface area contributed by atoms with E-state index in [0.717, 1.165) is 35.5 Å². The van der Waals surface area contributed by atoms with Crippen LogP contribution in [0.3, 0.4) is 0 Å². The molecule has 5 unspecified atom stereocenters. The average molecular weight is 413 g/mol. The Kier molecular flexibility index (Phi) is 2.79. The van der Waals surface area contributed by atoms with Gasteiger partial charge in [0.25, 0.3) is 0 Å². The Bertz CT molecular complexity index is 1110. The molecule has 6 aliphatic carbocycles. The van der Waals surface area contributed by atoms with Crippen molar-refractivity contribution in [3.8, 4) is 0 Å². The smallest absolute Gasteiger partial charge is 0.123 e. The molecule has 0 N–H and O–H groups in total. The van der Waals surface area contributed by atoms with Crippen molar-refractivity contribution in [2.75, 3.05) is 0 Å². The maximum absolute atomic E-state index is 14.6. The SMILES string of the molecule is Fc1ccc2c(c1)[C@H]1O[C@@](c3ccccc3)(C3C1[C@H]1CC[C@@H]3C1)C21C2C1[C@H]1CC[C@@H]2C1. The van der Waals surface area contributed by atoms with E-state index in [1.807, 2.05) is 6.07 Å². The van der Waals surface area contributed by atoms with E-state index in [2.05, 4.69) is 36.4 Å². The maximum Gasteiger partial charge on any atom is 0.123 e. The normalized spacial score (nSPS) is 53.6. The molecule has 0 amide bonds. The van der Waals surface area contributed by atoms with Crippen LogP contribution < -0.4 is 0 Å². The molecule has 1 heterocycles. The minimum absolute atomic E-state index is 0.0786. The molecule has 7 aliphatic rings. The second-order valence-electron chi connectivity index (χ2n) is 12.1. The minimum Gasteiger partial charge on any atom is -0.361 e. The second kappa shape index (κ2) is 5.11. The van der Waals surface area contributed by atoms with E-state index in [4.69, 9.17) is 4.74 Å². The number of hydrogen-bond acceptors (Lipinski definition) is 1. The summed E-state index contributed by atoms with van der Waals surface area (Å²) in [5.74, 6) is 5.87. The largest absolute Gasteiger partial charge is 0.361 e. The predicted octanol–water partition coefficient (Wildman–Crippen LogP) is 6.38. The summed E-state index contributed by atoms with van der Waals surface area (Å²) in [7, 11) is 0. The molecule has 5 saturated carbocycles. The van der Waals surface area contributed by atoms with Gasteiger partial charge < -0.3 is 4.74 Å². The lowest BCUT2D eigenvalue weighted by Crippen LogP contribution is -2.51. The van der Waals surface area contributed by atoms with Crippen molar-refractivity contribution in [2.24, 2.45) is 47.3 Å². The highest BCUT2D eigenvalue weighted by molar-refractivity contribution is 5.57. The van der Waals surface area contributed by atoms with E-state index in [-0.39, 0.29) is 22.9 Å². The van der Waals surface area contributed by atoms with Gasteiger partial charge in [-0.2, -0.15) is 0 Å². The number of halogens is 1. The van der Waals surface area contributed by atoms with Gasteiger partial charge in [0, 0.05) is 11.3 Å². The number of ether oxygens (including phenoxy) is 1. The zero-order valence-corrected chi connectivity index (χ0v) is 17.8. The lowest BCUT2D eigenvalue weighted by molar-refractivity contribution is -0.129. The zero-order valence-electron chi connectivity index (χ0n) is 17.8. The summed E-state index contributed by atoms with van der Waals surface area (Å²) in [5.41, 5.74) is 4.06. The van der Waals surface area contributed by atoms with E-state index in [0.29, 0.717) is 11.8 Å². The Balaban J connectivity index is 1.39. The number of fused-ring (bicyclic) bond motifs is 13. The lowest BCUT2D eigenvalue weighted by Gasteiger charge is -2.50. The van der Waals surface area contributed by atoms with Crippen LogP contribution >= 0.6 is 0 Å². The first-order valence-corrected chi connectivity index (χ1v) is 12.8. The van der Waals surface area contributed by atoms with Crippen molar-refractivity contribution >= 4 is 0 Å². The van der Waals surface area contributed by atoms with E-state index in [9.17, 15) is 4.39 Å². The highest BCUT2D eigenvalue weighted by Crippen LogP contribution is 2.88. The van der Waals surface area contributed by atoms with Gasteiger partial charge in [0.05, 0.1) is 6.10 Å². The van der Waals surface area contributed by atoms with Crippen molar-refractivity contribution in [1.82, 2.24) is 0 Å². The van der Waals surface area contributed by atoms with Crippen LogP contribution in [-0.4, -0.2) is 0 Å². The molecule has 31 heavy (non-hydrogen) atoms. The molecule has 1 spiro atoms. The van der Waals surface area contributed by atoms with Crippen molar-refractivity contribution < 1.29 is 9.13 Å². The fourth-order valence-corrected chi connectivity index (χ4v) is 11.2. The van der Waals surface area contributed by atoms with Crippen LogP contribution in [0.4, 0.5) is 4.39 Å². The van der Waals surface area contributed by atoms with Crippen LogP contribution in [-0.2, 0) is 15.8 Å². The molecule has 2 aromatic rings. The van der Waals surface area contributed by atoms with Crippen molar-refractivity contribution in [2.45, 2.75) is 55.6 Å². The van der Waals surface area contributed by atoms with Gasteiger partial charge in [-0.3, -0.25) is 0 Å². The summed E-state index contributed by atoms with van der Waals surface area (Å²) in [5, 5.41) is 0. The van der Waals surface area contributed by atoms with Crippen LogP contribution in [0.15, 0.2) is 48.5 Å². The zero-order chi connectivity index (χ0) is 20.1. The fourth-order valence-electron chi connectivity index (χ4n) is 11.2. The molecule has 0 radical (unpaired) electrons. The molecule has 11 atom stereocenters. The topological polar surface area (TPSA) is 9.23 Å². The van der Waals surface area contributed by atoms with E-state index in [1.165, 1.54) is 55.2 Å². The summed E-state index contributed by atoms with van der Waals surface area (Å²) in [6, 6.07) is 17.2.